The topological polar surface area (TPSA) is 52.0 Å². The van der Waals surface area contributed by atoms with E-state index in [1.165, 1.54) is 11.3 Å². The van der Waals surface area contributed by atoms with E-state index in [1.807, 2.05) is 26.2 Å². The third kappa shape index (κ3) is 3.46. The van der Waals surface area contributed by atoms with Gasteiger partial charge in [0.25, 0.3) is 0 Å². The lowest BCUT2D eigenvalue weighted by molar-refractivity contribution is 1.09. The first kappa shape index (κ1) is 12.9. The zero-order chi connectivity index (χ0) is 13.7. The zero-order valence-electron chi connectivity index (χ0n) is 11.1. The maximum atomic E-state index is 8.69. The van der Waals surface area contributed by atoms with Gasteiger partial charge in [0.15, 0.2) is 0 Å². The monoisotopic (exact) mass is 252 g/mol. The van der Waals surface area contributed by atoms with Crippen LogP contribution in [0.4, 0.5) is 11.5 Å². The number of nitrogens with zero attached hydrogens (tertiary/aromatic N) is 3. The van der Waals surface area contributed by atoms with Gasteiger partial charge in [-0.3, -0.25) is 0 Å². The van der Waals surface area contributed by atoms with Gasteiger partial charge in [-0.05, 0) is 29.8 Å². The molecular weight excluding hydrogens is 236 g/mol. The molecule has 0 atom stereocenters. The van der Waals surface area contributed by atoms with E-state index in [1.54, 1.807) is 12.3 Å². The molecule has 4 heteroatoms. The molecule has 0 saturated carbocycles. The summed E-state index contributed by atoms with van der Waals surface area (Å²) < 4.78 is 0. The van der Waals surface area contributed by atoms with E-state index in [2.05, 4.69) is 39.5 Å². The van der Waals surface area contributed by atoms with E-state index in [9.17, 15) is 0 Å². The Morgan fingerprint density at radius 1 is 1.16 bits per heavy atom. The molecule has 1 heterocycles. The number of nitrogens with one attached hydrogen (secondary N) is 1. The number of anilines is 2. The van der Waals surface area contributed by atoms with Crippen LogP contribution in [0.2, 0.25) is 0 Å². The molecule has 2 aromatic rings. The van der Waals surface area contributed by atoms with Crippen LogP contribution in [-0.2, 0) is 6.54 Å². The highest BCUT2D eigenvalue weighted by atomic mass is 15.1. The largest absolute Gasteiger partial charge is 0.378 e. The molecule has 19 heavy (non-hydrogen) atoms. The summed E-state index contributed by atoms with van der Waals surface area (Å²) in [5.41, 5.74) is 2.94. The van der Waals surface area contributed by atoms with Crippen LogP contribution in [-0.4, -0.2) is 19.1 Å². The van der Waals surface area contributed by atoms with Crippen LogP contribution in [0.5, 0.6) is 0 Å². The normalized spacial score (nSPS) is 9.74. The van der Waals surface area contributed by atoms with Crippen molar-refractivity contribution in [3.63, 3.8) is 0 Å². The summed E-state index contributed by atoms with van der Waals surface area (Å²) in [5, 5.41) is 11.9. The fraction of sp³-hybridized carbons (Fsp3) is 0.200. The predicted molar refractivity (Wildman–Crippen MR) is 77.0 cm³/mol. The van der Waals surface area contributed by atoms with Crippen LogP contribution in [0, 0.1) is 11.3 Å². The van der Waals surface area contributed by atoms with Crippen LogP contribution < -0.4 is 10.2 Å². The van der Waals surface area contributed by atoms with Crippen LogP contribution in [0.15, 0.2) is 42.6 Å². The molecule has 0 spiro atoms. The first-order valence-corrected chi connectivity index (χ1v) is 6.05. The Morgan fingerprint density at radius 2 is 1.89 bits per heavy atom. The first-order valence-electron chi connectivity index (χ1n) is 6.05. The lowest BCUT2D eigenvalue weighted by Crippen LogP contribution is -2.08. The highest BCUT2D eigenvalue weighted by Crippen LogP contribution is 2.13. The smallest absolute Gasteiger partial charge is 0.126 e. The van der Waals surface area contributed by atoms with E-state index in [0.29, 0.717) is 12.1 Å². The fourth-order valence-corrected chi connectivity index (χ4v) is 1.67. The second kappa shape index (κ2) is 5.87. The molecule has 0 aliphatic carbocycles. The second-order valence-electron chi connectivity index (χ2n) is 4.46. The number of hydrogen-bond donors (Lipinski definition) is 1. The summed E-state index contributed by atoms with van der Waals surface area (Å²) in [5.74, 6) is 0.774. The lowest BCUT2D eigenvalue weighted by atomic mass is 10.2. The average molecular weight is 252 g/mol. The van der Waals surface area contributed by atoms with E-state index < -0.39 is 0 Å². The molecule has 0 bridgehead atoms. The van der Waals surface area contributed by atoms with Crippen molar-refractivity contribution in [2.45, 2.75) is 6.54 Å². The molecule has 2 rings (SSSR count). The van der Waals surface area contributed by atoms with Gasteiger partial charge in [-0.15, -0.1) is 0 Å². The zero-order valence-corrected chi connectivity index (χ0v) is 11.1. The second-order valence-corrected chi connectivity index (χ2v) is 4.46. The quantitative estimate of drug-likeness (QED) is 0.908. The van der Waals surface area contributed by atoms with E-state index in [-0.39, 0.29) is 0 Å². The van der Waals surface area contributed by atoms with Gasteiger partial charge in [0.1, 0.15) is 11.9 Å². The SMILES string of the molecule is CN(C)c1ccc(CNc2ccc(C#N)cn2)cc1. The van der Waals surface area contributed by atoms with E-state index >= 15 is 0 Å². The highest BCUT2D eigenvalue weighted by molar-refractivity contribution is 5.47. The van der Waals surface area contributed by atoms with Crippen molar-refractivity contribution in [3.05, 3.63) is 53.7 Å². The van der Waals surface area contributed by atoms with Gasteiger partial charge in [0.05, 0.1) is 5.56 Å². The third-order valence-electron chi connectivity index (χ3n) is 2.82. The third-order valence-corrected chi connectivity index (χ3v) is 2.82. The Labute approximate surface area is 113 Å². The predicted octanol–water partition coefficient (Wildman–Crippen LogP) is 2.63. The number of hydrogen-bond acceptors (Lipinski definition) is 4. The molecule has 0 aliphatic heterocycles. The molecule has 0 unspecified atom stereocenters. The van der Waals surface area contributed by atoms with Gasteiger partial charge in [-0.25, -0.2) is 4.98 Å². The van der Waals surface area contributed by atoms with Crippen molar-refractivity contribution >= 4 is 11.5 Å². The Morgan fingerprint density at radius 3 is 2.42 bits per heavy atom. The van der Waals surface area contributed by atoms with Crippen molar-refractivity contribution in [3.8, 4) is 6.07 Å². The minimum absolute atomic E-state index is 0.570. The first-order chi connectivity index (χ1) is 9.19. The summed E-state index contributed by atoms with van der Waals surface area (Å²) in [7, 11) is 4.04. The molecule has 0 fully saturated rings. The standard InChI is InChI=1S/C15H16N4/c1-19(2)14-6-3-12(4-7-14)10-17-15-8-5-13(9-16)11-18-15/h3-8,11H,10H2,1-2H3,(H,17,18). The molecule has 0 amide bonds. The summed E-state index contributed by atoms with van der Waals surface area (Å²) >= 11 is 0. The van der Waals surface area contributed by atoms with Crippen molar-refractivity contribution < 1.29 is 0 Å². The number of pyridine rings is 1. The molecular formula is C15H16N4. The van der Waals surface area contributed by atoms with Crippen LogP contribution >= 0.6 is 0 Å². The van der Waals surface area contributed by atoms with Gasteiger partial charge in [-0.2, -0.15) is 5.26 Å². The van der Waals surface area contributed by atoms with Crippen molar-refractivity contribution in [1.29, 1.82) is 5.26 Å². The van der Waals surface area contributed by atoms with Gasteiger partial charge in [0.2, 0.25) is 0 Å². The van der Waals surface area contributed by atoms with Gasteiger partial charge in [-0.1, -0.05) is 12.1 Å². The Kier molecular flexibility index (Phi) is 3.99. The summed E-state index contributed by atoms with van der Waals surface area (Å²) in [6, 6.07) is 14.0. The summed E-state index contributed by atoms with van der Waals surface area (Å²) in [6.45, 7) is 0.715. The van der Waals surface area contributed by atoms with Crippen molar-refractivity contribution in [2.24, 2.45) is 0 Å². The average Bonchev–Trinajstić information content (AvgIpc) is 2.46. The fourth-order valence-electron chi connectivity index (χ4n) is 1.67. The number of rotatable bonds is 4. The highest BCUT2D eigenvalue weighted by Gasteiger charge is 1.98. The minimum Gasteiger partial charge on any atom is -0.378 e. The number of benzene rings is 1. The molecule has 1 aromatic heterocycles. The van der Waals surface area contributed by atoms with Crippen LogP contribution in [0.25, 0.3) is 0 Å². The molecule has 1 aromatic carbocycles. The van der Waals surface area contributed by atoms with Gasteiger partial charge in [0, 0.05) is 32.5 Å². The summed E-state index contributed by atoms with van der Waals surface area (Å²) in [4.78, 5) is 6.24. The van der Waals surface area contributed by atoms with Gasteiger partial charge < -0.3 is 10.2 Å². The van der Waals surface area contributed by atoms with E-state index in [0.717, 1.165) is 5.82 Å². The van der Waals surface area contributed by atoms with Crippen LogP contribution in [0.3, 0.4) is 0 Å². The Balaban J connectivity index is 1.96. The van der Waals surface area contributed by atoms with Gasteiger partial charge >= 0.3 is 0 Å². The maximum Gasteiger partial charge on any atom is 0.126 e. The van der Waals surface area contributed by atoms with Crippen molar-refractivity contribution in [2.75, 3.05) is 24.3 Å². The molecule has 96 valence electrons. The van der Waals surface area contributed by atoms with E-state index in [4.69, 9.17) is 5.26 Å². The molecule has 4 nitrogen and oxygen atoms in total. The summed E-state index contributed by atoms with van der Waals surface area (Å²) in [6.07, 6.45) is 1.57. The number of aromatic nitrogens is 1. The minimum atomic E-state index is 0.570. The van der Waals surface area contributed by atoms with Crippen LogP contribution in [0.1, 0.15) is 11.1 Å². The van der Waals surface area contributed by atoms with Crippen molar-refractivity contribution in [1.82, 2.24) is 4.98 Å². The molecule has 0 radical (unpaired) electrons. The molecule has 0 saturated heterocycles. The maximum absolute atomic E-state index is 8.69. The molecule has 1 N–H and O–H groups in total. The number of nitriles is 1. The Bertz CT molecular complexity index is 565. The molecule has 0 aliphatic rings. The Hall–Kier alpha value is -2.54. The lowest BCUT2D eigenvalue weighted by Gasteiger charge is -2.13.